The first-order chi connectivity index (χ1) is 21.8. The number of rotatable bonds is 4. The smallest absolute Gasteiger partial charge is 0.0476 e. The van der Waals surface area contributed by atoms with Crippen LogP contribution < -0.4 is 4.90 Å². The van der Waals surface area contributed by atoms with Crippen LogP contribution >= 0.6 is 11.3 Å². The Morgan fingerprint density at radius 3 is 1.77 bits per heavy atom. The van der Waals surface area contributed by atoms with Crippen molar-refractivity contribution in [1.82, 2.24) is 0 Å². The average Bonchev–Trinajstić information content (AvgIpc) is 3.46. The molecule has 9 aromatic rings. The van der Waals surface area contributed by atoms with Gasteiger partial charge in [0.25, 0.3) is 0 Å². The molecule has 9 rings (SSSR count). The van der Waals surface area contributed by atoms with Gasteiger partial charge >= 0.3 is 0 Å². The summed E-state index contributed by atoms with van der Waals surface area (Å²) in [4.78, 5) is 2.35. The van der Waals surface area contributed by atoms with Gasteiger partial charge < -0.3 is 4.90 Å². The lowest BCUT2D eigenvalue weighted by molar-refractivity contribution is 1.29. The molecule has 0 aliphatic carbocycles. The average molecular weight is 578 g/mol. The molecule has 0 amide bonds. The molecule has 0 atom stereocenters. The molecule has 8 aromatic carbocycles. The van der Waals surface area contributed by atoms with Gasteiger partial charge in [0.15, 0.2) is 0 Å². The highest BCUT2D eigenvalue weighted by Gasteiger charge is 2.15. The van der Waals surface area contributed by atoms with Crippen molar-refractivity contribution in [2.24, 2.45) is 0 Å². The number of hydrogen-bond donors (Lipinski definition) is 0. The first kappa shape index (κ1) is 25.1. The Morgan fingerprint density at radius 2 is 0.932 bits per heavy atom. The SMILES string of the molecule is c1ccc(N(c2ccc(-c3ccc4ccc5ccc6ccccc6c5c4c3)cc2)c2ccc3c(c2)sc2ccccc23)cc1. The monoisotopic (exact) mass is 577 g/mol. The highest BCUT2D eigenvalue weighted by Crippen LogP contribution is 2.41. The maximum atomic E-state index is 2.36. The van der Waals surface area contributed by atoms with Gasteiger partial charge in [-0.25, -0.2) is 0 Å². The molecule has 0 saturated carbocycles. The second-order valence-electron chi connectivity index (χ2n) is 11.4. The molecule has 0 saturated heterocycles. The quantitative estimate of drug-likeness (QED) is 0.188. The van der Waals surface area contributed by atoms with Crippen LogP contribution in [0.4, 0.5) is 17.1 Å². The van der Waals surface area contributed by atoms with Crippen LogP contribution in [0.1, 0.15) is 0 Å². The minimum absolute atomic E-state index is 1.14. The normalized spacial score (nSPS) is 11.6. The number of thiophene rings is 1. The van der Waals surface area contributed by atoms with Crippen molar-refractivity contribution in [3.8, 4) is 11.1 Å². The molecule has 1 heterocycles. The van der Waals surface area contributed by atoms with Gasteiger partial charge in [-0.05, 0) is 92.0 Å². The van der Waals surface area contributed by atoms with Gasteiger partial charge in [-0.15, -0.1) is 11.3 Å². The van der Waals surface area contributed by atoms with Crippen molar-refractivity contribution >= 4 is 80.9 Å². The van der Waals surface area contributed by atoms with E-state index in [2.05, 4.69) is 169 Å². The summed E-state index contributed by atoms with van der Waals surface area (Å²) in [5, 5.41) is 10.4. The van der Waals surface area contributed by atoms with Crippen LogP contribution in [0.2, 0.25) is 0 Å². The predicted molar refractivity (Wildman–Crippen MR) is 192 cm³/mol. The number of hydrogen-bond acceptors (Lipinski definition) is 2. The molecule has 2 heteroatoms. The fourth-order valence-corrected chi connectivity index (χ4v) is 7.83. The van der Waals surface area contributed by atoms with Gasteiger partial charge in [0.1, 0.15) is 0 Å². The van der Waals surface area contributed by atoms with Crippen molar-refractivity contribution in [2.45, 2.75) is 0 Å². The van der Waals surface area contributed by atoms with Gasteiger partial charge in [0.2, 0.25) is 0 Å². The molecule has 0 aliphatic heterocycles. The van der Waals surface area contributed by atoms with Crippen LogP contribution in [-0.4, -0.2) is 0 Å². The first-order valence-corrected chi connectivity index (χ1v) is 15.8. The van der Waals surface area contributed by atoms with E-state index < -0.39 is 0 Å². The number of benzene rings is 8. The number of nitrogens with zero attached hydrogens (tertiary/aromatic N) is 1. The molecule has 0 unspecified atom stereocenters. The lowest BCUT2D eigenvalue weighted by atomic mass is 9.94. The molecular weight excluding hydrogens is 551 g/mol. The zero-order valence-corrected chi connectivity index (χ0v) is 24.8. The Balaban J connectivity index is 1.16. The molecule has 206 valence electrons. The number of fused-ring (bicyclic) bond motifs is 8. The Hall–Kier alpha value is -5.44. The molecule has 44 heavy (non-hydrogen) atoms. The fourth-order valence-electron chi connectivity index (χ4n) is 6.69. The van der Waals surface area contributed by atoms with E-state index in [0.29, 0.717) is 0 Å². The third-order valence-electron chi connectivity index (χ3n) is 8.82. The Kier molecular flexibility index (Phi) is 5.75. The van der Waals surface area contributed by atoms with Crippen LogP contribution in [-0.2, 0) is 0 Å². The first-order valence-electron chi connectivity index (χ1n) is 15.0. The van der Waals surface area contributed by atoms with Crippen LogP contribution in [0.5, 0.6) is 0 Å². The lowest BCUT2D eigenvalue weighted by Gasteiger charge is -2.25. The van der Waals surface area contributed by atoms with E-state index in [-0.39, 0.29) is 0 Å². The molecule has 0 fully saturated rings. The van der Waals surface area contributed by atoms with Crippen LogP contribution in [0.3, 0.4) is 0 Å². The summed E-state index contributed by atoms with van der Waals surface area (Å²) in [7, 11) is 0. The topological polar surface area (TPSA) is 3.24 Å². The minimum Gasteiger partial charge on any atom is -0.310 e. The highest BCUT2D eigenvalue weighted by atomic mass is 32.1. The van der Waals surface area contributed by atoms with Crippen molar-refractivity contribution in [3.63, 3.8) is 0 Å². The third-order valence-corrected chi connectivity index (χ3v) is 9.95. The second kappa shape index (κ2) is 10.1. The van der Waals surface area contributed by atoms with Gasteiger partial charge in [0.05, 0.1) is 0 Å². The highest BCUT2D eigenvalue weighted by molar-refractivity contribution is 7.25. The van der Waals surface area contributed by atoms with E-state index in [4.69, 9.17) is 0 Å². The Morgan fingerprint density at radius 1 is 0.341 bits per heavy atom. The van der Waals surface area contributed by atoms with Gasteiger partial charge in [-0.1, -0.05) is 115 Å². The Bertz CT molecular complexity index is 2480. The third kappa shape index (κ3) is 4.07. The van der Waals surface area contributed by atoms with Gasteiger partial charge in [-0.3, -0.25) is 0 Å². The van der Waals surface area contributed by atoms with Crippen molar-refractivity contribution < 1.29 is 0 Å². The van der Waals surface area contributed by atoms with E-state index >= 15 is 0 Å². The number of anilines is 3. The maximum Gasteiger partial charge on any atom is 0.0476 e. The summed E-state index contributed by atoms with van der Waals surface area (Å²) in [6.45, 7) is 0. The molecule has 1 aromatic heterocycles. The molecular formula is C42H27NS. The Labute approximate surface area is 259 Å². The van der Waals surface area contributed by atoms with Crippen LogP contribution in [0.15, 0.2) is 164 Å². The van der Waals surface area contributed by atoms with Crippen molar-refractivity contribution in [2.75, 3.05) is 4.90 Å². The molecule has 0 spiro atoms. The van der Waals surface area contributed by atoms with E-state index in [1.165, 1.54) is 63.6 Å². The summed E-state index contributed by atoms with van der Waals surface area (Å²) < 4.78 is 2.63. The molecule has 0 bridgehead atoms. The predicted octanol–water partition coefficient (Wildman–Crippen LogP) is 12.7. The summed E-state index contributed by atoms with van der Waals surface area (Å²) in [6, 6.07) is 59.7. The molecule has 0 aliphatic rings. The summed E-state index contributed by atoms with van der Waals surface area (Å²) >= 11 is 1.86. The minimum atomic E-state index is 1.14. The maximum absolute atomic E-state index is 2.36. The fraction of sp³-hybridized carbons (Fsp3) is 0. The summed E-state index contributed by atoms with van der Waals surface area (Å²) in [6.07, 6.45) is 0. The van der Waals surface area contributed by atoms with Crippen molar-refractivity contribution in [1.29, 1.82) is 0 Å². The molecule has 0 radical (unpaired) electrons. The molecule has 0 N–H and O–H groups in total. The largest absolute Gasteiger partial charge is 0.310 e. The van der Waals surface area contributed by atoms with Crippen LogP contribution in [0.25, 0.3) is 63.6 Å². The lowest BCUT2D eigenvalue weighted by Crippen LogP contribution is -2.09. The standard InChI is InChI=1S/C42H27NS/c1-2-9-33(10-3-1)43(35-24-25-38-37-12-6-7-13-40(37)44-41(38)27-35)34-22-20-28(21-23-34)32-19-16-30-15-18-31-17-14-29-8-4-5-11-36(29)42(31)39(30)26-32/h1-27H. The van der Waals surface area contributed by atoms with E-state index in [9.17, 15) is 0 Å². The number of para-hydroxylation sites is 1. The van der Waals surface area contributed by atoms with Crippen molar-refractivity contribution in [3.05, 3.63) is 164 Å². The van der Waals surface area contributed by atoms with Crippen LogP contribution in [0, 0.1) is 0 Å². The summed E-state index contributed by atoms with van der Waals surface area (Å²) in [5.74, 6) is 0. The van der Waals surface area contributed by atoms with Gasteiger partial charge in [-0.2, -0.15) is 0 Å². The zero-order valence-electron chi connectivity index (χ0n) is 23.9. The summed E-state index contributed by atoms with van der Waals surface area (Å²) in [5.41, 5.74) is 5.87. The van der Waals surface area contributed by atoms with Gasteiger partial charge in [0, 0.05) is 37.2 Å². The second-order valence-corrected chi connectivity index (χ2v) is 12.5. The zero-order chi connectivity index (χ0) is 29.0. The van der Waals surface area contributed by atoms with E-state index in [1.807, 2.05) is 11.3 Å². The van der Waals surface area contributed by atoms with E-state index in [0.717, 1.165) is 17.1 Å². The van der Waals surface area contributed by atoms with E-state index in [1.54, 1.807) is 0 Å². The molecule has 1 nitrogen and oxygen atoms in total.